The fraction of sp³-hybridized carbons (Fsp3) is 0.421. The van der Waals surface area contributed by atoms with E-state index >= 15 is 0 Å². The van der Waals surface area contributed by atoms with Crippen LogP contribution < -0.4 is 0 Å². The fourth-order valence-electron chi connectivity index (χ4n) is 3.49. The largest absolute Gasteiger partial charge is 0.389 e. The number of carbonyl (C=O) groups is 1. The molecule has 0 amide bonds. The Bertz CT molecular complexity index is 1010. The molecule has 1 atom stereocenters. The number of hydrogen-bond acceptors (Lipinski definition) is 3. The predicted molar refractivity (Wildman–Crippen MR) is 99.1 cm³/mol. The molecule has 0 saturated heterocycles. The number of aromatic nitrogens is 4. The third-order valence-corrected chi connectivity index (χ3v) is 5.40. The Morgan fingerprint density at radius 1 is 1.25 bits per heavy atom. The van der Waals surface area contributed by atoms with E-state index < -0.39 is 18.5 Å². The molecule has 1 aliphatic rings. The summed E-state index contributed by atoms with van der Waals surface area (Å²) in [6.45, 7) is 0. The molecule has 0 bridgehead atoms. The molecule has 3 aromatic rings. The van der Waals surface area contributed by atoms with Crippen LogP contribution in [0.5, 0.6) is 0 Å². The van der Waals surface area contributed by atoms with E-state index in [1.807, 2.05) is 0 Å². The van der Waals surface area contributed by atoms with Crippen molar-refractivity contribution in [2.24, 2.45) is 11.8 Å². The van der Waals surface area contributed by atoms with Crippen molar-refractivity contribution in [3.8, 4) is 11.3 Å². The molecule has 1 fully saturated rings. The molecule has 0 aromatic carbocycles. The predicted octanol–water partition coefficient (Wildman–Crippen LogP) is 5.55. The quantitative estimate of drug-likeness (QED) is 0.501. The monoisotopic (exact) mass is 410 g/mol. The number of nitrogens with one attached hydrogen (secondary N) is 2. The molecule has 3 heterocycles. The van der Waals surface area contributed by atoms with Crippen LogP contribution in [-0.4, -0.2) is 31.9 Å². The van der Waals surface area contributed by atoms with Gasteiger partial charge in [-0.3, -0.25) is 4.79 Å². The number of nitrogens with zero attached hydrogens (tertiary/aromatic N) is 2. The fourth-order valence-corrected chi connectivity index (χ4v) is 3.72. The summed E-state index contributed by atoms with van der Waals surface area (Å²) in [7, 11) is 0. The first-order valence-electron chi connectivity index (χ1n) is 9.09. The van der Waals surface area contributed by atoms with Gasteiger partial charge in [-0.05, 0) is 24.8 Å². The molecular formula is C19H18ClF3N4O. The van der Waals surface area contributed by atoms with Crippen molar-refractivity contribution < 1.29 is 18.0 Å². The Hall–Kier alpha value is -2.35. The highest BCUT2D eigenvalue weighted by Gasteiger charge is 2.34. The van der Waals surface area contributed by atoms with Crippen molar-refractivity contribution >= 4 is 28.4 Å². The number of aromatic amines is 2. The topological polar surface area (TPSA) is 74.4 Å². The number of hydrogen-bond donors (Lipinski definition) is 2. The van der Waals surface area contributed by atoms with E-state index in [4.69, 9.17) is 11.6 Å². The zero-order valence-corrected chi connectivity index (χ0v) is 15.6. The molecule has 148 valence electrons. The van der Waals surface area contributed by atoms with Gasteiger partial charge < -0.3 is 9.97 Å². The molecule has 4 rings (SSSR count). The number of Topliss-reactive ketones (excluding diaryl/α,β-unsaturated/α-hetero) is 1. The highest BCUT2D eigenvalue weighted by Crippen LogP contribution is 2.39. The zero-order chi connectivity index (χ0) is 19.9. The normalized spacial score (nSPS) is 15.9. The van der Waals surface area contributed by atoms with Crippen molar-refractivity contribution in [1.82, 2.24) is 19.9 Å². The van der Waals surface area contributed by atoms with Crippen LogP contribution in [0.15, 0.2) is 24.8 Å². The van der Waals surface area contributed by atoms with Gasteiger partial charge in [-0.25, -0.2) is 9.97 Å². The molecular weight excluding hydrogens is 393 g/mol. The average molecular weight is 411 g/mol. The maximum atomic E-state index is 12.9. The van der Waals surface area contributed by atoms with E-state index in [1.165, 1.54) is 6.33 Å². The van der Waals surface area contributed by atoms with E-state index in [0.717, 1.165) is 12.8 Å². The van der Waals surface area contributed by atoms with Crippen molar-refractivity contribution in [3.05, 3.63) is 35.5 Å². The molecule has 0 radical (unpaired) electrons. The highest BCUT2D eigenvalue weighted by atomic mass is 35.5. The third kappa shape index (κ3) is 4.06. The van der Waals surface area contributed by atoms with Gasteiger partial charge in [-0.2, -0.15) is 13.2 Å². The average Bonchev–Trinajstić information content (AvgIpc) is 3.18. The van der Waals surface area contributed by atoms with Crippen LogP contribution in [-0.2, 0) is 0 Å². The number of H-pyrrole nitrogens is 2. The molecule has 1 aliphatic carbocycles. The van der Waals surface area contributed by atoms with Crippen LogP contribution in [0, 0.1) is 11.8 Å². The van der Waals surface area contributed by atoms with Gasteiger partial charge in [0.25, 0.3) is 0 Å². The first-order valence-corrected chi connectivity index (χ1v) is 9.47. The number of ketones is 1. The second-order valence-corrected chi connectivity index (χ2v) is 7.69. The summed E-state index contributed by atoms with van der Waals surface area (Å²) in [6.07, 6.45) is 1.68. The standard InChI is InChI=1S/C19H18ClF3N4O/c20-13-8-25-18-15(13)16(26-9-27-18)12-6-14(24-7-12)17(28)11(5-10-1-2-10)3-4-19(21,22)23/h6-11,24H,1-5H2,(H,25,26,27). The summed E-state index contributed by atoms with van der Waals surface area (Å²) in [4.78, 5) is 27.1. The van der Waals surface area contributed by atoms with Gasteiger partial charge in [-0.15, -0.1) is 0 Å². The van der Waals surface area contributed by atoms with Crippen LogP contribution in [0.1, 0.15) is 42.6 Å². The maximum absolute atomic E-state index is 12.9. The van der Waals surface area contributed by atoms with Crippen LogP contribution in [0.2, 0.25) is 5.02 Å². The number of fused-ring (bicyclic) bond motifs is 1. The molecule has 9 heteroatoms. The summed E-state index contributed by atoms with van der Waals surface area (Å²) in [5, 5.41) is 1.09. The van der Waals surface area contributed by atoms with Gasteiger partial charge >= 0.3 is 6.18 Å². The molecule has 0 spiro atoms. The molecule has 28 heavy (non-hydrogen) atoms. The van der Waals surface area contributed by atoms with Gasteiger partial charge in [0.1, 0.15) is 12.0 Å². The van der Waals surface area contributed by atoms with Crippen molar-refractivity contribution in [1.29, 1.82) is 0 Å². The van der Waals surface area contributed by atoms with Crippen molar-refractivity contribution in [2.75, 3.05) is 0 Å². The molecule has 1 unspecified atom stereocenters. The smallest absolute Gasteiger partial charge is 0.358 e. The second kappa shape index (κ2) is 7.24. The van der Waals surface area contributed by atoms with Gasteiger partial charge in [0, 0.05) is 30.3 Å². The van der Waals surface area contributed by atoms with E-state index in [0.29, 0.717) is 45.3 Å². The summed E-state index contributed by atoms with van der Waals surface area (Å²) in [5.74, 6) is -0.563. The van der Waals surface area contributed by atoms with Gasteiger partial charge in [0.15, 0.2) is 5.78 Å². The lowest BCUT2D eigenvalue weighted by Gasteiger charge is -2.16. The van der Waals surface area contributed by atoms with E-state index in [1.54, 1.807) is 18.5 Å². The maximum Gasteiger partial charge on any atom is 0.389 e. The molecule has 2 N–H and O–H groups in total. The molecule has 3 aromatic heterocycles. The van der Waals surface area contributed by atoms with Crippen molar-refractivity contribution in [2.45, 2.75) is 38.3 Å². The highest BCUT2D eigenvalue weighted by molar-refractivity contribution is 6.36. The lowest BCUT2D eigenvalue weighted by molar-refractivity contribution is -0.137. The minimum atomic E-state index is -4.26. The van der Waals surface area contributed by atoms with Crippen LogP contribution >= 0.6 is 11.6 Å². The van der Waals surface area contributed by atoms with Gasteiger partial charge in [0.05, 0.1) is 21.8 Å². The minimum Gasteiger partial charge on any atom is -0.358 e. The lowest BCUT2D eigenvalue weighted by Crippen LogP contribution is -2.19. The third-order valence-electron chi connectivity index (χ3n) is 5.11. The van der Waals surface area contributed by atoms with Gasteiger partial charge in [-0.1, -0.05) is 24.4 Å². The summed E-state index contributed by atoms with van der Waals surface area (Å²) in [5.41, 5.74) is 2.06. The SMILES string of the molecule is O=C(c1cc(-c2ncnc3[nH]cc(Cl)c23)c[nH]1)C(CCC(F)(F)F)CC1CC1. The zero-order valence-electron chi connectivity index (χ0n) is 14.8. The minimum absolute atomic E-state index is 0.186. The van der Waals surface area contributed by atoms with Crippen LogP contribution in [0.3, 0.4) is 0 Å². The number of halogens is 4. The Morgan fingerprint density at radius 2 is 2.04 bits per heavy atom. The summed E-state index contributed by atoms with van der Waals surface area (Å²) in [6, 6.07) is 1.63. The molecule has 1 saturated carbocycles. The Labute approximate surface area is 163 Å². The number of alkyl halides is 3. The lowest BCUT2D eigenvalue weighted by atomic mass is 9.90. The first-order chi connectivity index (χ1) is 13.3. The Balaban J connectivity index is 1.59. The molecule has 0 aliphatic heterocycles. The van der Waals surface area contributed by atoms with Crippen LogP contribution in [0.4, 0.5) is 13.2 Å². The van der Waals surface area contributed by atoms with E-state index in [9.17, 15) is 18.0 Å². The number of carbonyl (C=O) groups excluding carboxylic acids is 1. The number of rotatable bonds is 7. The second-order valence-electron chi connectivity index (χ2n) is 7.28. The van der Waals surface area contributed by atoms with Crippen molar-refractivity contribution in [3.63, 3.8) is 0 Å². The van der Waals surface area contributed by atoms with E-state index in [2.05, 4.69) is 19.9 Å². The first kappa shape index (κ1) is 19.0. The summed E-state index contributed by atoms with van der Waals surface area (Å²) < 4.78 is 38.0. The summed E-state index contributed by atoms with van der Waals surface area (Å²) >= 11 is 6.20. The Morgan fingerprint density at radius 3 is 2.75 bits per heavy atom. The Kier molecular flexibility index (Phi) is 4.91. The molecule has 5 nitrogen and oxygen atoms in total. The van der Waals surface area contributed by atoms with Gasteiger partial charge in [0.2, 0.25) is 0 Å². The van der Waals surface area contributed by atoms with Crippen LogP contribution in [0.25, 0.3) is 22.3 Å². The van der Waals surface area contributed by atoms with E-state index in [-0.39, 0.29) is 12.2 Å².